The van der Waals surface area contributed by atoms with E-state index in [-0.39, 0.29) is 30.1 Å². The number of carbonyl (C=O) groups is 2. The van der Waals surface area contributed by atoms with Crippen molar-refractivity contribution >= 4 is 17.5 Å². The van der Waals surface area contributed by atoms with E-state index < -0.39 is 5.82 Å². The normalized spacial score (nSPS) is 18.3. The molecule has 1 fully saturated rings. The summed E-state index contributed by atoms with van der Waals surface area (Å²) in [5.74, 6) is 0.470. The van der Waals surface area contributed by atoms with Gasteiger partial charge in [0.1, 0.15) is 5.82 Å². The molecule has 7 heteroatoms. The minimum absolute atomic E-state index is 0.00568. The Hall–Kier alpha value is -3.09. The van der Waals surface area contributed by atoms with Crippen LogP contribution in [0.2, 0.25) is 0 Å². The van der Waals surface area contributed by atoms with Crippen molar-refractivity contribution in [1.29, 1.82) is 0 Å². The molecule has 0 saturated carbocycles. The highest BCUT2D eigenvalue weighted by Crippen LogP contribution is 2.37. The second-order valence-electron chi connectivity index (χ2n) is 6.33. The third kappa shape index (κ3) is 3.20. The summed E-state index contributed by atoms with van der Waals surface area (Å²) in [5, 5.41) is 2.77. The Morgan fingerprint density at radius 3 is 2.88 bits per heavy atom. The Balaban J connectivity index is 1.38. The largest absolute Gasteiger partial charge is 0.454 e. The Morgan fingerprint density at radius 1 is 1.19 bits per heavy atom. The van der Waals surface area contributed by atoms with Crippen molar-refractivity contribution in [3.8, 4) is 11.5 Å². The summed E-state index contributed by atoms with van der Waals surface area (Å²) in [6.45, 7) is 1.03. The van der Waals surface area contributed by atoms with Crippen LogP contribution in [0.3, 0.4) is 0 Å². The molecular weight excluding hydrogens is 339 g/mol. The molecule has 0 spiro atoms. The third-order valence-corrected chi connectivity index (χ3v) is 4.51. The molecule has 0 aromatic heterocycles. The molecule has 2 aliphatic rings. The van der Waals surface area contributed by atoms with Gasteiger partial charge in [-0.05, 0) is 30.3 Å². The van der Waals surface area contributed by atoms with Gasteiger partial charge in [0.15, 0.2) is 11.5 Å². The molecule has 2 aliphatic heterocycles. The molecule has 2 amide bonds. The van der Waals surface area contributed by atoms with Gasteiger partial charge in [0.05, 0.1) is 0 Å². The van der Waals surface area contributed by atoms with Gasteiger partial charge >= 0.3 is 0 Å². The Labute approximate surface area is 149 Å². The van der Waals surface area contributed by atoms with Gasteiger partial charge in [0.25, 0.3) is 5.91 Å². The predicted octanol–water partition coefficient (Wildman–Crippen LogP) is 2.34. The summed E-state index contributed by atoms with van der Waals surface area (Å²) < 4.78 is 23.8. The lowest BCUT2D eigenvalue weighted by atomic mass is 10.1. The zero-order chi connectivity index (χ0) is 18.1. The first-order valence-corrected chi connectivity index (χ1v) is 8.34. The van der Waals surface area contributed by atoms with Crippen LogP contribution in [-0.4, -0.2) is 31.7 Å². The zero-order valence-corrected chi connectivity index (χ0v) is 13.9. The highest BCUT2D eigenvalue weighted by molar-refractivity contribution is 5.96. The van der Waals surface area contributed by atoms with Crippen molar-refractivity contribution in [1.82, 2.24) is 5.32 Å². The summed E-state index contributed by atoms with van der Waals surface area (Å²) in [6, 6.07) is 10.9. The fourth-order valence-corrected chi connectivity index (χ4v) is 3.19. The van der Waals surface area contributed by atoms with E-state index in [1.54, 1.807) is 23.1 Å². The number of nitrogens with one attached hydrogen (secondary N) is 1. The van der Waals surface area contributed by atoms with Crippen LogP contribution in [0.25, 0.3) is 0 Å². The van der Waals surface area contributed by atoms with Crippen molar-refractivity contribution in [3.63, 3.8) is 0 Å². The molecule has 1 N–H and O–H groups in total. The van der Waals surface area contributed by atoms with Crippen LogP contribution in [-0.2, 0) is 4.79 Å². The molecule has 0 bridgehead atoms. The molecule has 0 radical (unpaired) electrons. The zero-order valence-electron chi connectivity index (χ0n) is 13.9. The molecule has 2 aromatic carbocycles. The maximum absolute atomic E-state index is 13.2. The highest BCUT2D eigenvalue weighted by atomic mass is 19.1. The monoisotopic (exact) mass is 356 g/mol. The number of rotatable bonds is 4. The highest BCUT2D eigenvalue weighted by Gasteiger charge is 2.31. The SMILES string of the molecule is O=C(NC[C@@H]1CC(=O)N(c2ccc3c(c2)OCO3)C1)c1cccc(F)c1. The summed E-state index contributed by atoms with van der Waals surface area (Å²) in [5.41, 5.74) is 1.01. The number of fused-ring (bicyclic) bond motifs is 1. The number of halogens is 1. The van der Waals surface area contributed by atoms with Gasteiger partial charge < -0.3 is 19.7 Å². The van der Waals surface area contributed by atoms with Crippen LogP contribution in [0.1, 0.15) is 16.8 Å². The number of nitrogens with zero attached hydrogens (tertiary/aromatic N) is 1. The Bertz CT molecular complexity index is 870. The first kappa shape index (κ1) is 16.4. The van der Waals surface area contributed by atoms with Gasteiger partial charge in [0.2, 0.25) is 12.7 Å². The average Bonchev–Trinajstić information content (AvgIpc) is 3.25. The number of ether oxygens (including phenoxy) is 2. The van der Waals surface area contributed by atoms with Crippen LogP contribution in [0.4, 0.5) is 10.1 Å². The molecule has 6 nitrogen and oxygen atoms in total. The van der Waals surface area contributed by atoms with E-state index >= 15 is 0 Å². The molecule has 2 heterocycles. The summed E-state index contributed by atoms with van der Waals surface area (Å²) in [4.78, 5) is 26.1. The molecule has 1 atom stereocenters. The fourth-order valence-electron chi connectivity index (χ4n) is 3.19. The first-order valence-electron chi connectivity index (χ1n) is 8.34. The minimum Gasteiger partial charge on any atom is -0.454 e. The van der Waals surface area contributed by atoms with E-state index in [2.05, 4.69) is 5.32 Å². The molecule has 134 valence electrons. The van der Waals surface area contributed by atoms with Crippen LogP contribution in [0.5, 0.6) is 11.5 Å². The summed E-state index contributed by atoms with van der Waals surface area (Å²) >= 11 is 0. The van der Waals surface area contributed by atoms with Crippen molar-refractivity contribution in [2.75, 3.05) is 24.8 Å². The van der Waals surface area contributed by atoms with Crippen LogP contribution >= 0.6 is 0 Å². The van der Waals surface area contributed by atoms with E-state index in [1.807, 2.05) is 6.07 Å². The minimum atomic E-state index is -0.456. The second kappa shape index (κ2) is 6.67. The lowest BCUT2D eigenvalue weighted by Gasteiger charge is -2.17. The smallest absolute Gasteiger partial charge is 0.251 e. The molecule has 4 rings (SSSR count). The third-order valence-electron chi connectivity index (χ3n) is 4.51. The number of hydrogen-bond donors (Lipinski definition) is 1. The van der Waals surface area contributed by atoms with Crippen molar-refractivity contribution in [2.24, 2.45) is 5.92 Å². The van der Waals surface area contributed by atoms with Crippen LogP contribution < -0.4 is 19.7 Å². The predicted molar refractivity (Wildman–Crippen MR) is 91.8 cm³/mol. The van der Waals surface area contributed by atoms with Gasteiger partial charge in [-0.25, -0.2) is 4.39 Å². The van der Waals surface area contributed by atoms with Crippen molar-refractivity contribution in [2.45, 2.75) is 6.42 Å². The second-order valence-corrected chi connectivity index (χ2v) is 6.33. The van der Waals surface area contributed by atoms with Gasteiger partial charge in [-0.2, -0.15) is 0 Å². The quantitative estimate of drug-likeness (QED) is 0.913. The standard InChI is InChI=1S/C19H17FN2O4/c20-14-3-1-2-13(7-14)19(24)21-9-12-6-18(23)22(10-12)15-4-5-16-17(8-15)26-11-25-16/h1-5,7-8,12H,6,9-11H2,(H,21,24)/t12-/m0/s1. The van der Waals surface area contributed by atoms with E-state index in [0.29, 0.717) is 31.0 Å². The number of benzene rings is 2. The maximum Gasteiger partial charge on any atom is 0.251 e. The Morgan fingerprint density at radius 2 is 2.04 bits per heavy atom. The number of anilines is 1. The van der Waals surface area contributed by atoms with Crippen LogP contribution in [0, 0.1) is 11.7 Å². The fraction of sp³-hybridized carbons (Fsp3) is 0.263. The van der Waals surface area contributed by atoms with Gasteiger partial charge in [0, 0.05) is 42.7 Å². The molecular formula is C19H17FN2O4. The topological polar surface area (TPSA) is 67.9 Å². The number of carbonyl (C=O) groups excluding carboxylic acids is 2. The first-order chi connectivity index (χ1) is 12.6. The van der Waals surface area contributed by atoms with Gasteiger partial charge in [-0.1, -0.05) is 6.07 Å². The summed E-state index contributed by atoms with van der Waals surface area (Å²) in [7, 11) is 0. The van der Waals surface area contributed by atoms with Crippen molar-refractivity contribution in [3.05, 3.63) is 53.8 Å². The molecule has 0 unspecified atom stereocenters. The lowest BCUT2D eigenvalue weighted by molar-refractivity contribution is -0.117. The average molecular weight is 356 g/mol. The van der Waals surface area contributed by atoms with Crippen molar-refractivity contribution < 1.29 is 23.5 Å². The Kier molecular flexibility index (Phi) is 4.20. The van der Waals surface area contributed by atoms with E-state index in [1.165, 1.54) is 18.2 Å². The van der Waals surface area contributed by atoms with E-state index in [9.17, 15) is 14.0 Å². The molecule has 0 aliphatic carbocycles. The molecule has 26 heavy (non-hydrogen) atoms. The van der Waals surface area contributed by atoms with E-state index in [4.69, 9.17) is 9.47 Å². The number of hydrogen-bond acceptors (Lipinski definition) is 4. The maximum atomic E-state index is 13.2. The molecule has 1 saturated heterocycles. The number of amides is 2. The summed E-state index contributed by atoms with van der Waals surface area (Å²) in [6.07, 6.45) is 0.345. The van der Waals surface area contributed by atoms with Crippen LogP contribution in [0.15, 0.2) is 42.5 Å². The van der Waals surface area contributed by atoms with Gasteiger partial charge in [-0.3, -0.25) is 9.59 Å². The van der Waals surface area contributed by atoms with E-state index in [0.717, 1.165) is 5.69 Å². The molecule has 2 aromatic rings. The van der Waals surface area contributed by atoms with Gasteiger partial charge in [-0.15, -0.1) is 0 Å². The lowest BCUT2D eigenvalue weighted by Crippen LogP contribution is -2.31.